The highest BCUT2D eigenvalue weighted by atomic mass is 32.2. The summed E-state index contributed by atoms with van der Waals surface area (Å²) in [6.07, 6.45) is 7.96. The van der Waals surface area contributed by atoms with E-state index in [2.05, 4.69) is 39.7 Å². The van der Waals surface area contributed by atoms with E-state index in [0.29, 0.717) is 31.4 Å². The first-order valence-corrected chi connectivity index (χ1v) is 13.3. The van der Waals surface area contributed by atoms with E-state index in [-0.39, 0.29) is 4.90 Å². The molecule has 3 heterocycles. The van der Waals surface area contributed by atoms with Crippen molar-refractivity contribution in [2.24, 2.45) is 5.92 Å². The van der Waals surface area contributed by atoms with E-state index in [1.165, 1.54) is 11.8 Å². The van der Waals surface area contributed by atoms with Crippen LogP contribution in [0.5, 0.6) is 0 Å². The van der Waals surface area contributed by atoms with E-state index in [4.69, 9.17) is 0 Å². The predicted octanol–water partition coefficient (Wildman–Crippen LogP) is 4.52. The Morgan fingerprint density at radius 1 is 0.857 bits per heavy atom. The van der Waals surface area contributed by atoms with Crippen molar-refractivity contribution in [3.63, 3.8) is 0 Å². The molecule has 0 atom stereocenters. The van der Waals surface area contributed by atoms with Crippen molar-refractivity contribution in [3.05, 3.63) is 103 Å². The van der Waals surface area contributed by atoms with Gasteiger partial charge in [0.2, 0.25) is 10.0 Å². The lowest BCUT2D eigenvalue weighted by Gasteiger charge is -2.31. The number of benzene rings is 2. The molecule has 0 radical (unpaired) electrons. The second kappa shape index (κ2) is 10.4. The van der Waals surface area contributed by atoms with Gasteiger partial charge in [0.15, 0.2) is 0 Å². The van der Waals surface area contributed by atoms with Crippen molar-refractivity contribution in [3.8, 4) is 5.69 Å². The maximum atomic E-state index is 13.1. The van der Waals surface area contributed by atoms with Gasteiger partial charge in [-0.05, 0) is 55.0 Å². The highest BCUT2D eigenvalue weighted by Gasteiger charge is 2.29. The number of aromatic nitrogens is 3. The fourth-order valence-corrected chi connectivity index (χ4v) is 5.87. The number of para-hydroxylation sites is 1. The number of piperidine rings is 1. The Hall–Kier alpha value is -3.49. The van der Waals surface area contributed by atoms with Crippen LogP contribution in [0.15, 0.2) is 96.3 Å². The maximum Gasteiger partial charge on any atom is 0.244 e. The summed E-state index contributed by atoms with van der Waals surface area (Å²) < 4.78 is 29.7. The number of nitrogens with zero attached hydrogens (tertiary/aromatic N) is 4. The molecule has 0 amide bonds. The minimum Gasteiger partial charge on any atom is -0.366 e. The van der Waals surface area contributed by atoms with Crippen molar-refractivity contribution in [1.82, 2.24) is 19.1 Å². The van der Waals surface area contributed by atoms with Gasteiger partial charge in [0, 0.05) is 37.6 Å². The topological polar surface area (TPSA) is 80.1 Å². The van der Waals surface area contributed by atoms with Gasteiger partial charge in [-0.15, -0.1) is 0 Å². The van der Waals surface area contributed by atoms with Crippen molar-refractivity contribution in [1.29, 1.82) is 0 Å². The molecule has 8 heteroatoms. The summed E-state index contributed by atoms with van der Waals surface area (Å²) in [7, 11) is -3.54. The Morgan fingerprint density at radius 2 is 1.57 bits per heavy atom. The molecular formula is C27H29N5O2S. The summed E-state index contributed by atoms with van der Waals surface area (Å²) in [6, 6.07) is 23.7. The van der Waals surface area contributed by atoms with E-state index < -0.39 is 10.0 Å². The summed E-state index contributed by atoms with van der Waals surface area (Å²) >= 11 is 0. The third-order valence-electron chi connectivity index (χ3n) is 6.45. The largest absolute Gasteiger partial charge is 0.366 e. The molecule has 4 aromatic rings. The lowest BCUT2D eigenvalue weighted by Crippen LogP contribution is -2.38. The lowest BCUT2D eigenvalue weighted by molar-refractivity contribution is 0.273. The van der Waals surface area contributed by atoms with Crippen LogP contribution in [0, 0.1) is 5.92 Å². The van der Waals surface area contributed by atoms with Gasteiger partial charge in [0.1, 0.15) is 10.7 Å². The van der Waals surface area contributed by atoms with E-state index in [1.54, 1.807) is 22.6 Å². The van der Waals surface area contributed by atoms with Crippen molar-refractivity contribution in [2.45, 2.75) is 30.7 Å². The Morgan fingerprint density at radius 3 is 2.26 bits per heavy atom. The number of sulfonamides is 1. The molecule has 35 heavy (non-hydrogen) atoms. The van der Waals surface area contributed by atoms with Gasteiger partial charge in [-0.1, -0.05) is 48.5 Å². The molecule has 2 aromatic heterocycles. The molecule has 1 aliphatic heterocycles. The van der Waals surface area contributed by atoms with Gasteiger partial charge in [-0.2, -0.15) is 9.40 Å². The smallest absolute Gasteiger partial charge is 0.244 e. The molecule has 0 unspecified atom stereocenters. The first kappa shape index (κ1) is 23.3. The second-order valence-electron chi connectivity index (χ2n) is 8.90. The van der Waals surface area contributed by atoms with Crippen LogP contribution in [0.1, 0.15) is 24.0 Å². The van der Waals surface area contributed by atoms with Crippen LogP contribution in [-0.4, -0.2) is 40.6 Å². The van der Waals surface area contributed by atoms with E-state index >= 15 is 0 Å². The van der Waals surface area contributed by atoms with Crippen molar-refractivity contribution in [2.75, 3.05) is 18.4 Å². The predicted molar refractivity (Wildman–Crippen MR) is 137 cm³/mol. The van der Waals surface area contributed by atoms with E-state index in [9.17, 15) is 8.42 Å². The first-order chi connectivity index (χ1) is 17.1. The number of pyridine rings is 1. The molecule has 5 rings (SSSR count). The third kappa shape index (κ3) is 5.61. The zero-order valence-electron chi connectivity index (χ0n) is 19.5. The molecule has 180 valence electrons. The highest BCUT2D eigenvalue weighted by molar-refractivity contribution is 7.89. The Labute approximate surface area is 206 Å². The Bertz CT molecular complexity index is 1330. The zero-order chi connectivity index (χ0) is 24.1. The molecule has 1 aliphatic rings. The zero-order valence-corrected chi connectivity index (χ0v) is 20.3. The normalized spacial score (nSPS) is 15.2. The lowest BCUT2D eigenvalue weighted by atomic mass is 9.91. The molecule has 2 aromatic carbocycles. The van der Waals surface area contributed by atoms with Gasteiger partial charge in [-0.3, -0.25) is 0 Å². The van der Waals surface area contributed by atoms with Gasteiger partial charge < -0.3 is 5.32 Å². The molecule has 7 nitrogen and oxygen atoms in total. The Kier molecular flexibility index (Phi) is 6.92. The van der Waals surface area contributed by atoms with Crippen LogP contribution in [0.25, 0.3) is 5.69 Å². The minimum atomic E-state index is -3.54. The van der Waals surface area contributed by atoms with Crippen molar-refractivity contribution >= 4 is 15.8 Å². The van der Waals surface area contributed by atoms with Gasteiger partial charge in [-0.25, -0.2) is 18.1 Å². The summed E-state index contributed by atoms with van der Waals surface area (Å²) in [6.45, 7) is 1.64. The second-order valence-corrected chi connectivity index (χ2v) is 10.8. The summed E-state index contributed by atoms with van der Waals surface area (Å²) in [5, 5.41) is 7.64. The van der Waals surface area contributed by atoms with Crippen LogP contribution in [-0.2, 0) is 23.0 Å². The molecule has 1 saturated heterocycles. The number of hydrogen-bond acceptors (Lipinski definition) is 5. The van der Waals surface area contributed by atoms with Gasteiger partial charge in [0.25, 0.3) is 0 Å². The van der Waals surface area contributed by atoms with E-state index in [0.717, 1.165) is 30.5 Å². The summed E-state index contributed by atoms with van der Waals surface area (Å²) in [4.78, 5) is 4.58. The molecule has 1 N–H and O–H groups in total. The number of rotatable bonds is 8. The van der Waals surface area contributed by atoms with Gasteiger partial charge >= 0.3 is 0 Å². The number of nitrogens with one attached hydrogen (secondary N) is 1. The SMILES string of the molecule is O=S(=O)(c1ccc(NCc2cnn(-c3ccccc3)c2)nc1)N1CCC(Cc2ccccc2)CC1. The quantitative estimate of drug-likeness (QED) is 0.395. The summed E-state index contributed by atoms with van der Waals surface area (Å²) in [5.41, 5.74) is 3.31. The van der Waals surface area contributed by atoms with Crippen LogP contribution < -0.4 is 5.32 Å². The van der Waals surface area contributed by atoms with Crippen LogP contribution in [0.2, 0.25) is 0 Å². The monoisotopic (exact) mass is 487 g/mol. The number of hydrogen-bond donors (Lipinski definition) is 1. The molecule has 0 saturated carbocycles. The van der Waals surface area contributed by atoms with Crippen molar-refractivity contribution < 1.29 is 8.42 Å². The molecule has 0 bridgehead atoms. The average Bonchev–Trinajstić information content (AvgIpc) is 3.38. The molecule has 0 spiro atoms. The molecular weight excluding hydrogens is 458 g/mol. The van der Waals surface area contributed by atoms with E-state index in [1.807, 2.05) is 47.3 Å². The molecule has 0 aliphatic carbocycles. The highest BCUT2D eigenvalue weighted by Crippen LogP contribution is 2.26. The summed E-state index contributed by atoms with van der Waals surface area (Å²) in [5.74, 6) is 1.14. The number of anilines is 1. The van der Waals surface area contributed by atoms with Gasteiger partial charge in [0.05, 0.1) is 11.9 Å². The van der Waals surface area contributed by atoms with Crippen LogP contribution in [0.3, 0.4) is 0 Å². The first-order valence-electron chi connectivity index (χ1n) is 11.9. The minimum absolute atomic E-state index is 0.237. The third-order valence-corrected chi connectivity index (χ3v) is 8.33. The standard InChI is InChI=1S/C27H29N5O2S/c33-35(34,31-15-13-23(14-16-31)17-22-7-3-1-4-8-22)26-11-12-27(29-20-26)28-18-24-19-30-32(21-24)25-9-5-2-6-10-25/h1-12,19-21,23H,13-18H2,(H,28,29). The Balaban J connectivity index is 1.15. The van der Waals surface area contributed by atoms with Crippen LogP contribution in [0.4, 0.5) is 5.82 Å². The van der Waals surface area contributed by atoms with Crippen LogP contribution >= 0.6 is 0 Å². The maximum absolute atomic E-state index is 13.1. The molecule has 1 fully saturated rings. The average molecular weight is 488 g/mol. The fourth-order valence-electron chi connectivity index (χ4n) is 4.45. The fraction of sp³-hybridized carbons (Fsp3) is 0.259.